The molecule has 26 heavy (non-hydrogen) atoms. The van der Waals surface area contributed by atoms with Gasteiger partial charge in [0.15, 0.2) is 11.6 Å². The van der Waals surface area contributed by atoms with Crippen LogP contribution in [0.15, 0.2) is 42.5 Å². The summed E-state index contributed by atoms with van der Waals surface area (Å²) in [7, 11) is 0. The molecule has 138 valence electrons. The predicted octanol–water partition coefficient (Wildman–Crippen LogP) is 4.05. The summed E-state index contributed by atoms with van der Waals surface area (Å²) < 4.78 is 26.4. The number of piperazine rings is 1. The van der Waals surface area contributed by atoms with Gasteiger partial charge in [0.05, 0.1) is 0 Å². The lowest BCUT2D eigenvalue weighted by molar-refractivity contribution is 0.0628. The predicted molar refractivity (Wildman–Crippen MR) is 98.1 cm³/mol. The topological polar surface area (TPSA) is 23.6 Å². The van der Waals surface area contributed by atoms with Gasteiger partial charge in [-0.05, 0) is 35.2 Å². The van der Waals surface area contributed by atoms with E-state index in [1.807, 2.05) is 0 Å². The van der Waals surface area contributed by atoms with Crippen molar-refractivity contribution in [3.8, 4) is 0 Å². The van der Waals surface area contributed by atoms with Gasteiger partial charge in [0.1, 0.15) is 0 Å². The summed E-state index contributed by atoms with van der Waals surface area (Å²) >= 11 is 0. The van der Waals surface area contributed by atoms with E-state index in [1.54, 1.807) is 4.90 Å². The Morgan fingerprint density at radius 1 is 0.962 bits per heavy atom. The van der Waals surface area contributed by atoms with Crippen molar-refractivity contribution in [2.24, 2.45) is 0 Å². The van der Waals surface area contributed by atoms with Gasteiger partial charge in [-0.3, -0.25) is 9.69 Å². The standard InChI is InChI=1S/C21H24F2N2O/c1-15(2)17-5-3-16(4-6-17)14-24-9-11-25(12-10-24)21(26)18-7-8-19(22)20(23)13-18/h3-8,13,15H,9-12,14H2,1-2H3. The molecule has 3 nitrogen and oxygen atoms in total. The Morgan fingerprint density at radius 2 is 1.62 bits per heavy atom. The number of amides is 1. The van der Waals surface area contributed by atoms with Crippen molar-refractivity contribution in [1.82, 2.24) is 9.80 Å². The van der Waals surface area contributed by atoms with Crippen molar-refractivity contribution >= 4 is 5.91 Å². The van der Waals surface area contributed by atoms with Crippen LogP contribution in [-0.4, -0.2) is 41.9 Å². The first-order valence-corrected chi connectivity index (χ1v) is 8.99. The van der Waals surface area contributed by atoms with Crippen LogP contribution in [0.1, 0.15) is 41.3 Å². The van der Waals surface area contributed by atoms with E-state index in [0.717, 1.165) is 31.8 Å². The van der Waals surface area contributed by atoms with Gasteiger partial charge in [-0.2, -0.15) is 0 Å². The van der Waals surface area contributed by atoms with Crippen molar-refractivity contribution in [3.63, 3.8) is 0 Å². The summed E-state index contributed by atoms with van der Waals surface area (Å²) in [6, 6.07) is 12.0. The van der Waals surface area contributed by atoms with Gasteiger partial charge in [0, 0.05) is 38.3 Å². The number of hydrogen-bond donors (Lipinski definition) is 0. The SMILES string of the molecule is CC(C)c1ccc(CN2CCN(C(=O)c3ccc(F)c(F)c3)CC2)cc1. The van der Waals surface area contributed by atoms with Crippen LogP contribution >= 0.6 is 0 Å². The molecule has 1 fully saturated rings. The number of carbonyl (C=O) groups is 1. The number of benzene rings is 2. The van der Waals surface area contributed by atoms with Crippen molar-refractivity contribution < 1.29 is 13.6 Å². The summed E-state index contributed by atoms with van der Waals surface area (Å²) in [6.45, 7) is 7.91. The van der Waals surface area contributed by atoms with Crippen molar-refractivity contribution in [1.29, 1.82) is 0 Å². The lowest BCUT2D eigenvalue weighted by Crippen LogP contribution is -2.48. The Hall–Kier alpha value is -2.27. The molecule has 0 aliphatic carbocycles. The van der Waals surface area contributed by atoms with Crippen LogP contribution in [0.25, 0.3) is 0 Å². The van der Waals surface area contributed by atoms with E-state index >= 15 is 0 Å². The van der Waals surface area contributed by atoms with E-state index in [9.17, 15) is 13.6 Å². The largest absolute Gasteiger partial charge is 0.336 e. The first kappa shape index (κ1) is 18.5. The highest BCUT2D eigenvalue weighted by Crippen LogP contribution is 2.17. The Kier molecular flexibility index (Phi) is 5.67. The van der Waals surface area contributed by atoms with Gasteiger partial charge in [0.2, 0.25) is 0 Å². The first-order chi connectivity index (χ1) is 12.4. The molecule has 1 aliphatic heterocycles. The molecule has 1 heterocycles. The zero-order valence-corrected chi connectivity index (χ0v) is 15.2. The second-order valence-electron chi connectivity index (χ2n) is 7.09. The molecule has 0 unspecified atom stereocenters. The van der Waals surface area contributed by atoms with Crippen LogP contribution in [0.2, 0.25) is 0 Å². The fraction of sp³-hybridized carbons (Fsp3) is 0.381. The third kappa shape index (κ3) is 4.28. The average molecular weight is 358 g/mol. The number of nitrogens with zero attached hydrogens (tertiary/aromatic N) is 2. The number of carbonyl (C=O) groups excluding carboxylic acids is 1. The molecule has 2 aromatic carbocycles. The zero-order chi connectivity index (χ0) is 18.7. The fourth-order valence-corrected chi connectivity index (χ4v) is 3.19. The third-order valence-corrected chi connectivity index (χ3v) is 4.88. The highest BCUT2D eigenvalue weighted by Gasteiger charge is 2.23. The van der Waals surface area contributed by atoms with Gasteiger partial charge < -0.3 is 4.90 Å². The normalized spacial score (nSPS) is 15.5. The number of rotatable bonds is 4. The van der Waals surface area contributed by atoms with Crippen LogP contribution in [0.4, 0.5) is 8.78 Å². The molecule has 3 rings (SSSR count). The van der Waals surface area contributed by atoms with E-state index in [1.165, 1.54) is 17.2 Å². The molecule has 0 saturated carbocycles. The number of hydrogen-bond acceptors (Lipinski definition) is 2. The summed E-state index contributed by atoms with van der Waals surface area (Å²) in [6.07, 6.45) is 0. The van der Waals surface area contributed by atoms with E-state index in [0.29, 0.717) is 19.0 Å². The van der Waals surface area contributed by atoms with Crippen LogP contribution < -0.4 is 0 Å². The highest BCUT2D eigenvalue weighted by molar-refractivity contribution is 5.94. The minimum atomic E-state index is -0.987. The summed E-state index contributed by atoms with van der Waals surface area (Å²) in [5.74, 6) is -1.64. The van der Waals surface area contributed by atoms with Gasteiger partial charge in [-0.25, -0.2) is 8.78 Å². The molecule has 0 radical (unpaired) electrons. The van der Waals surface area contributed by atoms with Gasteiger partial charge in [0.25, 0.3) is 5.91 Å². The maximum absolute atomic E-state index is 13.3. The molecule has 1 aliphatic rings. The zero-order valence-electron chi connectivity index (χ0n) is 15.2. The quantitative estimate of drug-likeness (QED) is 0.823. The van der Waals surface area contributed by atoms with E-state index in [-0.39, 0.29) is 11.5 Å². The number of halogens is 2. The molecule has 2 aromatic rings. The Morgan fingerprint density at radius 3 is 2.19 bits per heavy atom. The van der Waals surface area contributed by atoms with Crippen molar-refractivity contribution in [2.45, 2.75) is 26.3 Å². The molecule has 0 N–H and O–H groups in total. The van der Waals surface area contributed by atoms with Gasteiger partial charge in [-0.1, -0.05) is 38.1 Å². The first-order valence-electron chi connectivity index (χ1n) is 8.99. The molecular weight excluding hydrogens is 334 g/mol. The fourth-order valence-electron chi connectivity index (χ4n) is 3.19. The molecule has 0 atom stereocenters. The second-order valence-corrected chi connectivity index (χ2v) is 7.09. The minimum Gasteiger partial charge on any atom is -0.336 e. The van der Waals surface area contributed by atoms with Crippen molar-refractivity contribution in [3.05, 3.63) is 70.8 Å². The minimum absolute atomic E-state index is 0.196. The molecule has 0 spiro atoms. The molecule has 1 amide bonds. The van der Waals surface area contributed by atoms with Crippen LogP contribution in [0.3, 0.4) is 0 Å². The lowest BCUT2D eigenvalue weighted by atomic mass is 10.0. The van der Waals surface area contributed by atoms with Crippen LogP contribution in [-0.2, 0) is 6.54 Å². The lowest BCUT2D eigenvalue weighted by Gasteiger charge is -2.34. The Labute approximate surface area is 153 Å². The van der Waals surface area contributed by atoms with Crippen LogP contribution in [0.5, 0.6) is 0 Å². The third-order valence-electron chi connectivity index (χ3n) is 4.88. The molecule has 0 bridgehead atoms. The highest BCUT2D eigenvalue weighted by atomic mass is 19.2. The van der Waals surface area contributed by atoms with E-state index in [2.05, 4.69) is 43.0 Å². The Balaban J connectivity index is 1.55. The molecule has 5 heteroatoms. The second kappa shape index (κ2) is 7.96. The summed E-state index contributed by atoms with van der Waals surface area (Å²) in [5, 5.41) is 0. The van der Waals surface area contributed by atoms with Crippen molar-refractivity contribution in [2.75, 3.05) is 26.2 Å². The maximum Gasteiger partial charge on any atom is 0.254 e. The summed E-state index contributed by atoms with van der Waals surface area (Å²) in [5.41, 5.74) is 2.78. The smallest absolute Gasteiger partial charge is 0.254 e. The maximum atomic E-state index is 13.3. The molecule has 1 saturated heterocycles. The van der Waals surface area contributed by atoms with E-state index < -0.39 is 11.6 Å². The molecule has 0 aromatic heterocycles. The van der Waals surface area contributed by atoms with Crippen LogP contribution in [0, 0.1) is 11.6 Å². The molecular formula is C21H24F2N2O. The summed E-state index contributed by atoms with van der Waals surface area (Å²) in [4.78, 5) is 16.5. The average Bonchev–Trinajstić information content (AvgIpc) is 2.64. The monoisotopic (exact) mass is 358 g/mol. The van der Waals surface area contributed by atoms with Gasteiger partial charge >= 0.3 is 0 Å². The Bertz CT molecular complexity index is 766. The van der Waals surface area contributed by atoms with E-state index in [4.69, 9.17) is 0 Å². The van der Waals surface area contributed by atoms with Gasteiger partial charge in [-0.15, -0.1) is 0 Å².